The van der Waals surface area contributed by atoms with Crippen molar-refractivity contribution in [1.82, 2.24) is 10.2 Å². The first-order chi connectivity index (χ1) is 13.2. The Balaban J connectivity index is 0.00000280. The first-order valence-electron chi connectivity index (χ1n) is 9.85. The fourth-order valence-corrected chi connectivity index (χ4v) is 3.61. The number of amides is 1. The van der Waals surface area contributed by atoms with Crippen LogP contribution in [0.3, 0.4) is 0 Å². The zero-order valence-corrected chi connectivity index (χ0v) is 18.8. The number of piperidine rings is 1. The maximum Gasteiger partial charge on any atom is 0.217 e. The smallest absolute Gasteiger partial charge is 0.217 e. The van der Waals surface area contributed by atoms with Gasteiger partial charge in [0.15, 0.2) is 17.5 Å². The zero-order valence-electron chi connectivity index (χ0n) is 16.5. The number of carbonyl (C=O) groups excluding carboxylic acids is 1. The quantitative estimate of drug-likeness (QED) is 0.367. The molecule has 0 bridgehead atoms. The minimum Gasteiger partial charge on any atom is -0.490 e. The Labute approximate surface area is 184 Å². The summed E-state index contributed by atoms with van der Waals surface area (Å²) in [5.41, 5.74) is 6.46. The molecule has 2 aliphatic rings. The van der Waals surface area contributed by atoms with Gasteiger partial charge in [-0.05, 0) is 43.4 Å². The van der Waals surface area contributed by atoms with Gasteiger partial charge in [-0.3, -0.25) is 4.79 Å². The molecule has 7 nitrogen and oxygen atoms in total. The highest BCUT2D eigenvalue weighted by molar-refractivity contribution is 14.0. The van der Waals surface area contributed by atoms with Gasteiger partial charge < -0.3 is 25.4 Å². The van der Waals surface area contributed by atoms with E-state index in [2.05, 4.69) is 17.1 Å². The molecule has 1 amide bonds. The van der Waals surface area contributed by atoms with Gasteiger partial charge in [0, 0.05) is 32.5 Å². The predicted molar refractivity (Wildman–Crippen MR) is 120 cm³/mol. The zero-order chi connectivity index (χ0) is 19.1. The highest BCUT2D eigenvalue weighted by atomic mass is 127. The Morgan fingerprint density at radius 3 is 2.82 bits per heavy atom. The van der Waals surface area contributed by atoms with E-state index in [0.717, 1.165) is 61.9 Å². The molecule has 0 spiro atoms. The first kappa shape index (κ1) is 22.6. The summed E-state index contributed by atoms with van der Waals surface area (Å²) in [5, 5.41) is 3.37. The van der Waals surface area contributed by atoms with Crippen molar-refractivity contribution in [3.63, 3.8) is 0 Å². The lowest BCUT2D eigenvalue weighted by Gasteiger charge is -2.34. The SMILES string of the molecule is CCNC(=NCc1ccc2c(c1)OCCCO2)N1CCCC(CC(N)=O)C1.I. The van der Waals surface area contributed by atoms with Crippen LogP contribution in [-0.4, -0.2) is 49.6 Å². The number of carbonyl (C=O) groups is 1. The Morgan fingerprint density at radius 1 is 1.29 bits per heavy atom. The number of ether oxygens (including phenoxy) is 2. The molecule has 2 aliphatic heterocycles. The highest BCUT2D eigenvalue weighted by Gasteiger charge is 2.23. The van der Waals surface area contributed by atoms with Gasteiger partial charge in [0.25, 0.3) is 0 Å². The van der Waals surface area contributed by atoms with Crippen molar-refractivity contribution < 1.29 is 14.3 Å². The number of hydrogen-bond acceptors (Lipinski definition) is 4. The Hall–Kier alpha value is -1.71. The Bertz CT molecular complexity index is 683. The van der Waals surface area contributed by atoms with Crippen molar-refractivity contribution in [2.45, 2.75) is 39.2 Å². The van der Waals surface area contributed by atoms with E-state index >= 15 is 0 Å². The monoisotopic (exact) mass is 502 g/mol. The van der Waals surface area contributed by atoms with Crippen molar-refractivity contribution in [1.29, 1.82) is 0 Å². The van der Waals surface area contributed by atoms with Gasteiger partial charge in [-0.1, -0.05) is 6.07 Å². The van der Waals surface area contributed by atoms with E-state index in [9.17, 15) is 4.79 Å². The van der Waals surface area contributed by atoms with Crippen LogP contribution in [0.25, 0.3) is 0 Å². The molecule has 1 atom stereocenters. The number of hydrogen-bond donors (Lipinski definition) is 2. The number of nitrogens with one attached hydrogen (secondary N) is 1. The molecular formula is C20H31IN4O3. The fourth-order valence-electron chi connectivity index (χ4n) is 3.61. The summed E-state index contributed by atoms with van der Waals surface area (Å²) in [6, 6.07) is 6.01. The second-order valence-electron chi connectivity index (χ2n) is 7.13. The number of nitrogens with zero attached hydrogens (tertiary/aromatic N) is 2. The number of rotatable bonds is 5. The number of likely N-dealkylation sites (tertiary alicyclic amines) is 1. The van der Waals surface area contributed by atoms with E-state index in [4.69, 9.17) is 20.2 Å². The molecule has 0 saturated carbocycles. The molecule has 3 N–H and O–H groups in total. The van der Waals surface area contributed by atoms with E-state index in [0.29, 0.717) is 32.1 Å². The van der Waals surface area contributed by atoms with Gasteiger partial charge in [0.1, 0.15) is 0 Å². The van der Waals surface area contributed by atoms with Gasteiger partial charge in [-0.25, -0.2) is 4.99 Å². The third-order valence-corrected chi connectivity index (χ3v) is 4.87. The lowest BCUT2D eigenvalue weighted by molar-refractivity contribution is -0.119. The van der Waals surface area contributed by atoms with Crippen LogP contribution in [0, 0.1) is 5.92 Å². The lowest BCUT2D eigenvalue weighted by Crippen LogP contribution is -2.47. The molecule has 1 aromatic carbocycles. The van der Waals surface area contributed by atoms with E-state index in [1.807, 2.05) is 18.2 Å². The molecule has 0 aliphatic carbocycles. The molecule has 3 rings (SSSR count). The summed E-state index contributed by atoms with van der Waals surface area (Å²) in [4.78, 5) is 18.3. The number of halogens is 1. The number of nitrogens with two attached hydrogens (primary N) is 1. The predicted octanol–water partition coefficient (Wildman–Crippen LogP) is 2.52. The lowest BCUT2D eigenvalue weighted by atomic mass is 9.95. The average Bonchev–Trinajstić information content (AvgIpc) is 2.89. The summed E-state index contributed by atoms with van der Waals surface area (Å²) in [7, 11) is 0. The van der Waals surface area contributed by atoms with E-state index < -0.39 is 0 Å². The molecule has 1 unspecified atom stereocenters. The van der Waals surface area contributed by atoms with Crippen molar-refractivity contribution >= 4 is 35.8 Å². The number of benzene rings is 1. The molecule has 28 heavy (non-hydrogen) atoms. The second kappa shape index (κ2) is 11.3. The molecule has 0 radical (unpaired) electrons. The molecule has 2 heterocycles. The Kier molecular flexibility index (Phi) is 9.14. The summed E-state index contributed by atoms with van der Waals surface area (Å²) < 4.78 is 11.5. The summed E-state index contributed by atoms with van der Waals surface area (Å²) in [6.07, 6.45) is 3.43. The number of guanidine groups is 1. The van der Waals surface area contributed by atoms with Gasteiger partial charge in [0.2, 0.25) is 5.91 Å². The van der Waals surface area contributed by atoms with Crippen LogP contribution in [0.1, 0.15) is 38.2 Å². The van der Waals surface area contributed by atoms with Crippen molar-refractivity contribution in [3.05, 3.63) is 23.8 Å². The number of aliphatic imine (C=N–C) groups is 1. The van der Waals surface area contributed by atoms with Gasteiger partial charge >= 0.3 is 0 Å². The first-order valence-corrected chi connectivity index (χ1v) is 9.85. The van der Waals surface area contributed by atoms with E-state index in [1.54, 1.807) is 0 Å². The van der Waals surface area contributed by atoms with Crippen LogP contribution in [-0.2, 0) is 11.3 Å². The summed E-state index contributed by atoms with van der Waals surface area (Å²) >= 11 is 0. The van der Waals surface area contributed by atoms with Crippen LogP contribution in [0.4, 0.5) is 0 Å². The normalized spacial score (nSPS) is 19.4. The standard InChI is InChI=1S/C20H30N4O3.HI/c1-2-22-20(24-8-3-5-16(14-24)12-19(21)25)23-13-15-6-7-17-18(11-15)27-10-4-9-26-17;/h6-7,11,16H,2-5,8-10,12-14H2,1H3,(H2,21,25)(H,22,23);1H. The molecule has 156 valence electrons. The van der Waals surface area contributed by atoms with Crippen molar-refractivity contribution in [3.8, 4) is 11.5 Å². The molecular weight excluding hydrogens is 471 g/mol. The maximum atomic E-state index is 11.3. The highest BCUT2D eigenvalue weighted by Crippen LogP contribution is 2.30. The number of fused-ring (bicyclic) bond motifs is 1. The van der Waals surface area contributed by atoms with Crippen LogP contribution in [0.5, 0.6) is 11.5 Å². The summed E-state index contributed by atoms with van der Waals surface area (Å²) in [6.45, 7) is 6.56. The number of primary amides is 1. The van der Waals surface area contributed by atoms with Crippen LogP contribution < -0.4 is 20.5 Å². The molecule has 1 fully saturated rings. The molecule has 8 heteroatoms. The van der Waals surface area contributed by atoms with E-state index in [1.165, 1.54) is 0 Å². The minimum absolute atomic E-state index is 0. The molecule has 0 aromatic heterocycles. The largest absolute Gasteiger partial charge is 0.490 e. The maximum absolute atomic E-state index is 11.3. The van der Waals surface area contributed by atoms with Crippen molar-refractivity contribution in [2.75, 3.05) is 32.8 Å². The molecule has 1 aromatic rings. The van der Waals surface area contributed by atoms with Crippen molar-refractivity contribution in [2.24, 2.45) is 16.6 Å². The third-order valence-electron chi connectivity index (χ3n) is 4.87. The third kappa shape index (κ3) is 6.42. The minimum atomic E-state index is -0.226. The second-order valence-corrected chi connectivity index (χ2v) is 7.13. The fraction of sp³-hybridized carbons (Fsp3) is 0.600. The van der Waals surface area contributed by atoms with Gasteiger partial charge in [0.05, 0.1) is 19.8 Å². The van der Waals surface area contributed by atoms with Gasteiger partial charge in [-0.15, -0.1) is 24.0 Å². The Morgan fingerprint density at radius 2 is 2.07 bits per heavy atom. The van der Waals surface area contributed by atoms with Gasteiger partial charge in [-0.2, -0.15) is 0 Å². The summed E-state index contributed by atoms with van der Waals surface area (Å²) in [5.74, 6) is 2.56. The van der Waals surface area contributed by atoms with Crippen LogP contribution in [0.2, 0.25) is 0 Å². The van der Waals surface area contributed by atoms with E-state index in [-0.39, 0.29) is 29.9 Å². The average molecular weight is 502 g/mol. The topological polar surface area (TPSA) is 89.2 Å². The van der Waals surface area contributed by atoms with Crippen LogP contribution in [0.15, 0.2) is 23.2 Å². The molecule has 1 saturated heterocycles. The van der Waals surface area contributed by atoms with Crippen LogP contribution >= 0.6 is 24.0 Å².